The highest BCUT2D eigenvalue weighted by Gasteiger charge is 2.42. The summed E-state index contributed by atoms with van der Waals surface area (Å²) < 4.78 is 0. The molecular weight excluding hydrogens is 320 g/mol. The predicted octanol–water partition coefficient (Wildman–Crippen LogP) is 3.30. The van der Waals surface area contributed by atoms with Crippen molar-refractivity contribution < 1.29 is 9.59 Å². The molecule has 0 heterocycles. The normalized spacial score (nSPS) is 26.1. The second kappa shape index (κ2) is 8.06. The number of fused-ring (bicyclic) bond motifs is 2. The molecule has 2 N–H and O–H groups in total. The van der Waals surface area contributed by atoms with Crippen molar-refractivity contribution in [2.24, 2.45) is 17.8 Å². The van der Waals surface area contributed by atoms with Gasteiger partial charge in [0.2, 0.25) is 11.8 Å². The molecule has 1 aromatic carbocycles. The van der Waals surface area contributed by atoms with Crippen molar-refractivity contribution in [1.82, 2.24) is 5.32 Å². The Labute approximate surface area is 148 Å². The number of nitrogens with one attached hydrogen (secondary N) is 2. The van der Waals surface area contributed by atoms with Gasteiger partial charge in [-0.2, -0.15) is 0 Å². The van der Waals surface area contributed by atoms with Crippen LogP contribution in [0.5, 0.6) is 0 Å². The first-order chi connectivity index (χ1) is 11.6. The Balaban J connectivity index is 1.33. The van der Waals surface area contributed by atoms with E-state index in [1.165, 1.54) is 37.4 Å². The third-order valence-electron chi connectivity index (χ3n) is 5.35. The molecule has 5 heteroatoms. The van der Waals surface area contributed by atoms with Crippen molar-refractivity contribution in [1.29, 1.82) is 0 Å². The highest BCUT2D eigenvalue weighted by molar-refractivity contribution is 8.00. The Morgan fingerprint density at radius 3 is 2.54 bits per heavy atom. The minimum absolute atomic E-state index is 0.0442. The summed E-state index contributed by atoms with van der Waals surface area (Å²) in [5.41, 5.74) is 0.789. The maximum atomic E-state index is 12.1. The molecule has 0 radical (unpaired) electrons. The molecule has 0 aromatic heterocycles. The Hall–Kier alpha value is -1.49. The van der Waals surface area contributed by atoms with Gasteiger partial charge in [-0.15, -0.1) is 11.8 Å². The summed E-state index contributed by atoms with van der Waals surface area (Å²) in [7, 11) is 0. The van der Waals surface area contributed by atoms with Gasteiger partial charge in [-0.25, -0.2) is 0 Å². The first kappa shape index (κ1) is 17.3. The van der Waals surface area contributed by atoms with Crippen LogP contribution in [0.25, 0.3) is 0 Å². The van der Waals surface area contributed by atoms with E-state index in [2.05, 4.69) is 17.6 Å². The quantitative estimate of drug-likeness (QED) is 0.796. The molecule has 2 fully saturated rings. The maximum absolute atomic E-state index is 12.1. The Bertz CT molecular complexity index is 578. The van der Waals surface area contributed by atoms with Crippen molar-refractivity contribution in [2.75, 3.05) is 16.8 Å². The van der Waals surface area contributed by atoms with Crippen molar-refractivity contribution in [3.63, 3.8) is 0 Å². The number of rotatable bonds is 7. The molecule has 2 aliphatic rings. The molecule has 4 nitrogen and oxygen atoms in total. The van der Waals surface area contributed by atoms with Gasteiger partial charge in [-0.1, -0.05) is 24.6 Å². The number of para-hydroxylation sites is 1. The second-order valence-electron chi connectivity index (χ2n) is 7.10. The standard InChI is InChI=1S/C19H26N2O2S/c1-13(17-10-14-7-8-15(17)9-14)20-18(22)11-24-12-19(23)21-16-5-3-2-4-6-16/h2-6,13-15,17H,7-12H2,1H3,(H,20,22)(H,21,23). The molecule has 2 aliphatic carbocycles. The molecule has 3 rings (SSSR count). The van der Waals surface area contributed by atoms with E-state index in [1.54, 1.807) is 0 Å². The van der Waals surface area contributed by atoms with E-state index >= 15 is 0 Å². The van der Waals surface area contributed by atoms with Crippen LogP contribution < -0.4 is 10.6 Å². The van der Waals surface area contributed by atoms with Crippen molar-refractivity contribution in [3.05, 3.63) is 30.3 Å². The molecule has 1 aromatic rings. The van der Waals surface area contributed by atoms with Crippen LogP contribution in [0, 0.1) is 17.8 Å². The van der Waals surface area contributed by atoms with Crippen LogP contribution in [0.15, 0.2) is 30.3 Å². The van der Waals surface area contributed by atoms with E-state index in [4.69, 9.17) is 0 Å². The molecule has 2 bridgehead atoms. The first-order valence-electron chi connectivity index (χ1n) is 8.84. The molecule has 0 aliphatic heterocycles. The summed E-state index contributed by atoms with van der Waals surface area (Å²) in [6.45, 7) is 2.13. The number of hydrogen-bond donors (Lipinski definition) is 2. The molecule has 0 spiro atoms. The number of hydrogen-bond acceptors (Lipinski definition) is 3. The van der Waals surface area contributed by atoms with E-state index in [-0.39, 0.29) is 17.9 Å². The van der Waals surface area contributed by atoms with Gasteiger partial charge in [0, 0.05) is 11.7 Å². The second-order valence-corrected chi connectivity index (χ2v) is 8.09. The third-order valence-corrected chi connectivity index (χ3v) is 6.28. The van der Waals surface area contributed by atoms with E-state index in [0.29, 0.717) is 17.4 Å². The SMILES string of the molecule is CC(NC(=O)CSCC(=O)Nc1ccccc1)C1CC2CCC1C2. The number of carbonyl (C=O) groups excluding carboxylic acids is 2. The molecular formula is C19H26N2O2S. The topological polar surface area (TPSA) is 58.2 Å². The summed E-state index contributed by atoms with van der Waals surface area (Å²) in [4.78, 5) is 23.9. The summed E-state index contributed by atoms with van der Waals surface area (Å²) >= 11 is 1.36. The Morgan fingerprint density at radius 1 is 1.12 bits per heavy atom. The highest BCUT2D eigenvalue weighted by Crippen LogP contribution is 2.49. The van der Waals surface area contributed by atoms with Gasteiger partial charge in [-0.05, 0) is 56.1 Å². The van der Waals surface area contributed by atoms with Gasteiger partial charge in [0.1, 0.15) is 0 Å². The van der Waals surface area contributed by atoms with Crippen molar-refractivity contribution in [3.8, 4) is 0 Å². The lowest BCUT2D eigenvalue weighted by Gasteiger charge is -2.28. The van der Waals surface area contributed by atoms with Crippen LogP contribution in [-0.4, -0.2) is 29.4 Å². The Morgan fingerprint density at radius 2 is 1.88 bits per heavy atom. The summed E-state index contributed by atoms with van der Waals surface area (Å²) in [5, 5.41) is 5.97. The average molecular weight is 346 g/mol. The Kier molecular flexibility index (Phi) is 5.82. The van der Waals surface area contributed by atoms with Crippen LogP contribution in [0.2, 0.25) is 0 Å². The van der Waals surface area contributed by atoms with Crippen LogP contribution in [0.1, 0.15) is 32.6 Å². The molecule has 2 amide bonds. The zero-order valence-electron chi connectivity index (χ0n) is 14.2. The van der Waals surface area contributed by atoms with Gasteiger partial charge >= 0.3 is 0 Å². The zero-order valence-corrected chi connectivity index (χ0v) is 15.0. The summed E-state index contributed by atoms with van der Waals surface area (Å²) in [6.07, 6.45) is 5.36. The average Bonchev–Trinajstić information content (AvgIpc) is 3.19. The minimum atomic E-state index is -0.0693. The maximum Gasteiger partial charge on any atom is 0.234 e. The number of amides is 2. The number of anilines is 1. The highest BCUT2D eigenvalue weighted by atomic mass is 32.2. The fourth-order valence-electron chi connectivity index (χ4n) is 4.26. The van der Waals surface area contributed by atoms with E-state index in [0.717, 1.165) is 17.5 Å². The molecule has 130 valence electrons. The fraction of sp³-hybridized carbons (Fsp3) is 0.579. The van der Waals surface area contributed by atoms with Gasteiger partial charge < -0.3 is 10.6 Å². The van der Waals surface area contributed by atoms with Crippen molar-refractivity contribution >= 4 is 29.3 Å². The van der Waals surface area contributed by atoms with Crippen LogP contribution in [0.3, 0.4) is 0 Å². The summed E-state index contributed by atoms with van der Waals surface area (Å²) in [5.74, 6) is 2.98. The largest absolute Gasteiger partial charge is 0.353 e. The molecule has 0 saturated heterocycles. The lowest BCUT2D eigenvalue weighted by Crippen LogP contribution is -2.41. The van der Waals surface area contributed by atoms with E-state index in [9.17, 15) is 9.59 Å². The number of carbonyl (C=O) groups is 2. The predicted molar refractivity (Wildman–Crippen MR) is 98.9 cm³/mol. The van der Waals surface area contributed by atoms with E-state index in [1.807, 2.05) is 30.3 Å². The van der Waals surface area contributed by atoms with Gasteiger partial charge in [0.05, 0.1) is 11.5 Å². The van der Waals surface area contributed by atoms with Crippen LogP contribution in [-0.2, 0) is 9.59 Å². The van der Waals surface area contributed by atoms with Crippen LogP contribution in [0.4, 0.5) is 5.69 Å². The van der Waals surface area contributed by atoms with Gasteiger partial charge in [-0.3, -0.25) is 9.59 Å². The van der Waals surface area contributed by atoms with Gasteiger partial charge in [0.15, 0.2) is 0 Å². The third kappa shape index (κ3) is 4.53. The molecule has 2 saturated carbocycles. The lowest BCUT2D eigenvalue weighted by molar-refractivity contribution is -0.119. The smallest absolute Gasteiger partial charge is 0.234 e. The van der Waals surface area contributed by atoms with Crippen molar-refractivity contribution in [2.45, 2.75) is 38.6 Å². The fourth-order valence-corrected chi connectivity index (χ4v) is 4.89. The first-order valence-corrected chi connectivity index (χ1v) is 9.99. The zero-order chi connectivity index (χ0) is 16.9. The van der Waals surface area contributed by atoms with Gasteiger partial charge in [0.25, 0.3) is 0 Å². The van der Waals surface area contributed by atoms with Crippen LogP contribution >= 0.6 is 11.8 Å². The lowest BCUT2D eigenvalue weighted by atomic mass is 9.84. The molecule has 4 atom stereocenters. The monoisotopic (exact) mass is 346 g/mol. The molecule has 24 heavy (non-hydrogen) atoms. The minimum Gasteiger partial charge on any atom is -0.353 e. The number of thioether (sulfide) groups is 1. The van der Waals surface area contributed by atoms with E-state index < -0.39 is 0 Å². The molecule has 4 unspecified atom stereocenters. The number of benzene rings is 1. The summed E-state index contributed by atoms with van der Waals surface area (Å²) in [6, 6.07) is 9.64.